The van der Waals surface area contributed by atoms with Crippen molar-refractivity contribution in [1.82, 2.24) is 19.9 Å². The minimum atomic E-state index is -0.113. The second-order valence-corrected chi connectivity index (χ2v) is 7.42. The van der Waals surface area contributed by atoms with Crippen LogP contribution in [0.5, 0.6) is 0 Å². The lowest BCUT2D eigenvalue weighted by Crippen LogP contribution is -2.31. The molecule has 6 nitrogen and oxygen atoms in total. The monoisotopic (exact) mass is 388 g/mol. The Morgan fingerprint density at radius 3 is 2.48 bits per heavy atom. The van der Waals surface area contributed by atoms with Crippen LogP contribution in [0, 0.1) is 6.92 Å². The number of nitrogens with zero attached hydrogens (tertiary/aromatic N) is 3. The van der Waals surface area contributed by atoms with Crippen LogP contribution in [-0.4, -0.2) is 25.9 Å². The number of aromatic amines is 1. The highest BCUT2D eigenvalue weighted by atomic mass is 16.4. The fourth-order valence-corrected chi connectivity index (χ4v) is 3.29. The molecular formula is C23H24N4O2. The van der Waals surface area contributed by atoms with Crippen LogP contribution in [0.2, 0.25) is 0 Å². The summed E-state index contributed by atoms with van der Waals surface area (Å²) in [5.41, 5.74) is 2.44. The lowest BCUT2D eigenvalue weighted by molar-refractivity contribution is 0.195. The molecule has 6 heteroatoms. The number of benzene rings is 2. The molecule has 0 spiro atoms. The molecule has 0 bridgehead atoms. The Balaban J connectivity index is 1.60. The van der Waals surface area contributed by atoms with Crippen molar-refractivity contribution in [3.05, 3.63) is 82.2 Å². The van der Waals surface area contributed by atoms with E-state index in [-0.39, 0.29) is 11.6 Å². The van der Waals surface area contributed by atoms with Gasteiger partial charge in [-0.2, -0.15) is 0 Å². The second kappa shape index (κ2) is 8.01. The summed E-state index contributed by atoms with van der Waals surface area (Å²) in [6.45, 7) is 7.30. The van der Waals surface area contributed by atoms with Gasteiger partial charge in [0.1, 0.15) is 11.6 Å². The number of rotatable bonds is 6. The lowest BCUT2D eigenvalue weighted by atomic mass is 10.2. The SMILES string of the molecule is Cc1oc(-c2ccccc2)nc1CN(Cc1nc2ccccc2c(=O)[nH]1)C(C)C. The number of fused-ring (bicyclic) bond motifs is 1. The van der Waals surface area contributed by atoms with E-state index in [1.54, 1.807) is 6.07 Å². The van der Waals surface area contributed by atoms with Crippen molar-refractivity contribution in [2.24, 2.45) is 0 Å². The predicted molar refractivity (Wildman–Crippen MR) is 113 cm³/mol. The topological polar surface area (TPSA) is 75.0 Å². The standard InChI is InChI=1S/C23H24N4O2/c1-15(2)27(14-21-24-19-12-8-7-11-18(19)22(28)26-21)13-20-16(3)29-23(25-20)17-9-5-4-6-10-17/h4-12,15H,13-14H2,1-3H3,(H,24,26,28). The first-order valence-electron chi connectivity index (χ1n) is 9.75. The molecule has 148 valence electrons. The number of oxazole rings is 1. The molecule has 2 aromatic carbocycles. The number of hydrogen-bond acceptors (Lipinski definition) is 5. The number of aryl methyl sites for hydroxylation is 1. The minimum absolute atomic E-state index is 0.113. The fraction of sp³-hybridized carbons (Fsp3) is 0.261. The number of nitrogens with one attached hydrogen (secondary N) is 1. The van der Waals surface area contributed by atoms with Gasteiger partial charge in [-0.25, -0.2) is 9.97 Å². The third-order valence-electron chi connectivity index (χ3n) is 5.01. The van der Waals surface area contributed by atoms with Crippen molar-refractivity contribution < 1.29 is 4.42 Å². The summed E-state index contributed by atoms with van der Waals surface area (Å²) in [7, 11) is 0. The maximum atomic E-state index is 12.4. The van der Waals surface area contributed by atoms with Crippen molar-refractivity contribution in [3.8, 4) is 11.5 Å². The largest absolute Gasteiger partial charge is 0.441 e. The highest BCUT2D eigenvalue weighted by Crippen LogP contribution is 2.23. The minimum Gasteiger partial charge on any atom is -0.441 e. The molecule has 0 aliphatic rings. The van der Waals surface area contributed by atoms with Crippen LogP contribution in [0.25, 0.3) is 22.4 Å². The van der Waals surface area contributed by atoms with Gasteiger partial charge in [0.05, 0.1) is 23.1 Å². The van der Waals surface area contributed by atoms with Gasteiger partial charge in [-0.1, -0.05) is 30.3 Å². The molecule has 0 radical (unpaired) electrons. The quantitative estimate of drug-likeness (QED) is 0.533. The number of para-hydroxylation sites is 1. The van der Waals surface area contributed by atoms with Crippen LogP contribution in [0.4, 0.5) is 0 Å². The Morgan fingerprint density at radius 2 is 1.72 bits per heavy atom. The third-order valence-corrected chi connectivity index (χ3v) is 5.01. The first-order chi connectivity index (χ1) is 14.0. The van der Waals surface area contributed by atoms with Crippen LogP contribution in [0.15, 0.2) is 63.8 Å². The molecule has 0 saturated heterocycles. The molecule has 2 heterocycles. The summed E-state index contributed by atoms with van der Waals surface area (Å²) in [4.78, 5) is 26.9. The molecule has 0 saturated carbocycles. The van der Waals surface area contributed by atoms with E-state index in [0.29, 0.717) is 35.7 Å². The van der Waals surface area contributed by atoms with Crippen LogP contribution in [0.1, 0.15) is 31.1 Å². The van der Waals surface area contributed by atoms with E-state index in [1.807, 2.05) is 55.5 Å². The number of aromatic nitrogens is 3. The van der Waals surface area contributed by atoms with Gasteiger partial charge in [-0.05, 0) is 45.0 Å². The highest BCUT2D eigenvalue weighted by molar-refractivity contribution is 5.77. The first-order valence-corrected chi connectivity index (χ1v) is 9.75. The molecule has 1 N–H and O–H groups in total. The van der Waals surface area contributed by atoms with Crippen LogP contribution in [0.3, 0.4) is 0 Å². The van der Waals surface area contributed by atoms with E-state index in [1.165, 1.54) is 0 Å². The average molecular weight is 388 g/mol. The van der Waals surface area contributed by atoms with Crippen molar-refractivity contribution in [1.29, 1.82) is 0 Å². The van der Waals surface area contributed by atoms with Crippen molar-refractivity contribution >= 4 is 10.9 Å². The Labute approximate surface area is 169 Å². The second-order valence-electron chi connectivity index (χ2n) is 7.42. The molecule has 4 aromatic rings. The van der Waals surface area contributed by atoms with Gasteiger partial charge >= 0.3 is 0 Å². The number of H-pyrrole nitrogens is 1. The van der Waals surface area contributed by atoms with E-state index in [2.05, 4.69) is 28.7 Å². The van der Waals surface area contributed by atoms with Gasteiger partial charge in [-0.15, -0.1) is 0 Å². The molecule has 0 unspecified atom stereocenters. The fourth-order valence-electron chi connectivity index (χ4n) is 3.29. The van der Waals surface area contributed by atoms with E-state index in [9.17, 15) is 4.79 Å². The lowest BCUT2D eigenvalue weighted by Gasteiger charge is -2.25. The zero-order chi connectivity index (χ0) is 20.4. The average Bonchev–Trinajstić information content (AvgIpc) is 3.08. The molecule has 29 heavy (non-hydrogen) atoms. The van der Waals surface area contributed by atoms with Gasteiger partial charge in [0.15, 0.2) is 0 Å². The van der Waals surface area contributed by atoms with Crippen LogP contribution in [-0.2, 0) is 13.1 Å². The maximum Gasteiger partial charge on any atom is 0.258 e. The smallest absolute Gasteiger partial charge is 0.258 e. The molecule has 0 amide bonds. The van der Waals surface area contributed by atoms with Crippen molar-refractivity contribution in [2.45, 2.75) is 39.9 Å². The summed E-state index contributed by atoms with van der Waals surface area (Å²) in [5.74, 6) is 2.07. The molecular weight excluding hydrogens is 364 g/mol. The van der Waals surface area contributed by atoms with E-state index in [0.717, 1.165) is 17.0 Å². The predicted octanol–water partition coefficient (Wildman–Crippen LogP) is 4.30. The first kappa shape index (κ1) is 19.1. The third kappa shape index (κ3) is 4.12. The van der Waals surface area contributed by atoms with Crippen LogP contribution < -0.4 is 5.56 Å². The summed E-state index contributed by atoms with van der Waals surface area (Å²) in [5, 5.41) is 0.604. The van der Waals surface area contributed by atoms with E-state index in [4.69, 9.17) is 9.40 Å². The Kier molecular flexibility index (Phi) is 5.27. The highest BCUT2D eigenvalue weighted by Gasteiger charge is 2.18. The van der Waals surface area contributed by atoms with Gasteiger partial charge in [-0.3, -0.25) is 9.69 Å². The summed E-state index contributed by atoms with van der Waals surface area (Å²) in [6.07, 6.45) is 0. The molecule has 0 aliphatic heterocycles. The number of hydrogen-bond donors (Lipinski definition) is 1. The molecule has 2 aromatic heterocycles. The zero-order valence-corrected chi connectivity index (χ0v) is 16.8. The Hall–Kier alpha value is -3.25. The van der Waals surface area contributed by atoms with Crippen molar-refractivity contribution in [2.75, 3.05) is 0 Å². The van der Waals surface area contributed by atoms with Gasteiger partial charge in [0.2, 0.25) is 5.89 Å². The van der Waals surface area contributed by atoms with E-state index >= 15 is 0 Å². The molecule has 0 atom stereocenters. The summed E-state index contributed by atoms with van der Waals surface area (Å²) in [6, 6.07) is 17.5. The van der Waals surface area contributed by atoms with E-state index < -0.39 is 0 Å². The summed E-state index contributed by atoms with van der Waals surface area (Å²) >= 11 is 0. The van der Waals surface area contributed by atoms with Gasteiger partial charge in [0, 0.05) is 18.2 Å². The zero-order valence-electron chi connectivity index (χ0n) is 16.8. The van der Waals surface area contributed by atoms with Crippen molar-refractivity contribution in [3.63, 3.8) is 0 Å². The molecule has 0 fully saturated rings. The normalized spacial score (nSPS) is 11.6. The van der Waals surface area contributed by atoms with Gasteiger partial charge < -0.3 is 9.40 Å². The maximum absolute atomic E-state index is 12.4. The Morgan fingerprint density at radius 1 is 1.00 bits per heavy atom. The molecule has 4 rings (SSSR count). The van der Waals surface area contributed by atoms with Gasteiger partial charge in [0.25, 0.3) is 5.56 Å². The van der Waals surface area contributed by atoms with Crippen LogP contribution >= 0.6 is 0 Å². The molecule has 0 aliphatic carbocycles. The summed E-state index contributed by atoms with van der Waals surface area (Å²) < 4.78 is 5.90. The Bertz CT molecular complexity index is 1180.